The molecule has 1 rings (SSSR count). The zero-order valence-electron chi connectivity index (χ0n) is 10.5. The van der Waals surface area contributed by atoms with Crippen LogP contribution in [-0.4, -0.2) is 29.4 Å². The van der Waals surface area contributed by atoms with Crippen LogP contribution in [0.2, 0.25) is 0 Å². The highest BCUT2D eigenvalue weighted by Crippen LogP contribution is 2.11. The second-order valence-electron chi connectivity index (χ2n) is 4.38. The summed E-state index contributed by atoms with van der Waals surface area (Å²) < 4.78 is 1.01. The van der Waals surface area contributed by atoms with E-state index < -0.39 is 0 Å². The molecule has 1 atom stereocenters. The van der Waals surface area contributed by atoms with Gasteiger partial charge >= 0.3 is 0 Å². The summed E-state index contributed by atoms with van der Waals surface area (Å²) in [6, 6.07) is 7.74. The molecule has 18 heavy (non-hydrogen) atoms. The fourth-order valence-corrected chi connectivity index (χ4v) is 1.85. The van der Waals surface area contributed by atoms with Crippen molar-refractivity contribution < 1.29 is 4.79 Å². The van der Waals surface area contributed by atoms with Gasteiger partial charge in [0.25, 0.3) is 0 Å². The number of hydrogen-bond acceptors (Lipinski definition) is 2. The lowest BCUT2D eigenvalue weighted by molar-refractivity contribution is -0.129. The van der Waals surface area contributed by atoms with Gasteiger partial charge in [0.05, 0.1) is 11.4 Å². The number of likely N-dealkylation sites (N-methyl/N-ethyl adjacent to an activating group) is 1. The molecule has 0 fully saturated rings. The molecule has 0 spiro atoms. The van der Waals surface area contributed by atoms with E-state index in [0.717, 1.165) is 10.0 Å². The van der Waals surface area contributed by atoms with Crippen LogP contribution in [0.25, 0.3) is 0 Å². The molecule has 5 heteroatoms. The van der Waals surface area contributed by atoms with E-state index in [2.05, 4.69) is 15.9 Å². The molecular weight excluding hydrogens is 312 g/mol. The monoisotopic (exact) mass is 328 g/mol. The summed E-state index contributed by atoms with van der Waals surface area (Å²) >= 11 is 8.27. The summed E-state index contributed by atoms with van der Waals surface area (Å²) in [5.41, 5.74) is 6.54. The topological polar surface area (TPSA) is 46.3 Å². The number of benzene rings is 1. The van der Waals surface area contributed by atoms with Gasteiger partial charge in [-0.2, -0.15) is 0 Å². The predicted molar refractivity (Wildman–Crippen MR) is 81.4 cm³/mol. The van der Waals surface area contributed by atoms with Gasteiger partial charge in [0.2, 0.25) is 5.91 Å². The Morgan fingerprint density at radius 2 is 2.00 bits per heavy atom. The number of rotatable bonds is 5. The zero-order chi connectivity index (χ0) is 13.7. The number of amides is 1. The van der Waals surface area contributed by atoms with Crippen molar-refractivity contribution in [3.63, 3.8) is 0 Å². The third-order valence-corrected chi connectivity index (χ3v) is 3.66. The van der Waals surface area contributed by atoms with Crippen LogP contribution in [0, 0.1) is 5.92 Å². The highest BCUT2D eigenvalue weighted by molar-refractivity contribution is 9.10. The van der Waals surface area contributed by atoms with Crippen LogP contribution in [-0.2, 0) is 11.2 Å². The van der Waals surface area contributed by atoms with Crippen molar-refractivity contribution in [1.29, 1.82) is 0 Å². The minimum absolute atomic E-state index is 0.0406. The number of carbonyl (C=O) groups excluding carboxylic acids is 1. The molecule has 0 bridgehead atoms. The average molecular weight is 329 g/mol. The number of nitrogens with two attached hydrogens (primary N) is 1. The minimum atomic E-state index is 0.0406. The molecule has 3 nitrogen and oxygen atoms in total. The van der Waals surface area contributed by atoms with Crippen LogP contribution in [0.1, 0.15) is 12.5 Å². The lowest BCUT2D eigenvalue weighted by atomic mass is 10.1. The highest BCUT2D eigenvalue weighted by Gasteiger charge is 2.14. The van der Waals surface area contributed by atoms with Crippen molar-refractivity contribution in [3.05, 3.63) is 34.3 Å². The number of hydrogen-bond donors (Lipinski definition) is 1. The fourth-order valence-electron chi connectivity index (χ4n) is 1.51. The van der Waals surface area contributed by atoms with Crippen molar-refractivity contribution in [1.82, 2.24) is 4.90 Å². The molecule has 2 N–H and O–H groups in total. The van der Waals surface area contributed by atoms with Crippen LogP contribution in [0.4, 0.5) is 0 Å². The van der Waals surface area contributed by atoms with Crippen LogP contribution in [0.5, 0.6) is 0 Å². The lowest BCUT2D eigenvalue weighted by Crippen LogP contribution is -2.36. The Balaban J connectivity index is 2.54. The first-order chi connectivity index (χ1) is 8.40. The Hall–Kier alpha value is -0.940. The normalized spacial score (nSPS) is 11.9. The van der Waals surface area contributed by atoms with Gasteiger partial charge in [-0.3, -0.25) is 4.79 Å². The zero-order valence-corrected chi connectivity index (χ0v) is 12.9. The van der Waals surface area contributed by atoms with Crippen molar-refractivity contribution in [2.24, 2.45) is 11.7 Å². The van der Waals surface area contributed by atoms with Gasteiger partial charge in [-0.15, -0.1) is 0 Å². The van der Waals surface area contributed by atoms with Crippen molar-refractivity contribution in [3.8, 4) is 0 Å². The number of halogens is 1. The summed E-state index contributed by atoms with van der Waals surface area (Å²) in [6.45, 7) is 2.48. The highest BCUT2D eigenvalue weighted by atomic mass is 79.9. The van der Waals surface area contributed by atoms with Gasteiger partial charge in [-0.05, 0) is 17.7 Å². The molecule has 0 saturated heterocycles. The van der Waals surface area contributed by atoms with E-state index in [1.54, 1.807) is 11.9 Å². The van der Waals surface area contributed by atoms with E-state index in [1.807, 2.05) is 31.2 Å². The maximum atomic E-state index is 12.0. The summed E-state index contributed by atoms with van der Waals surface area (Å²) in [4.78, 5) is 14.1. The molecule has 1 aromatic rings. The largest absolute Gasteiger partial charge is 0.393 e. The third kappa shape index (κ3) is 4.74. The van der Waals surface area contributed by atoms with Crippen molar-refractivity contribution in [2.45, 2.75) is 13.3 Å². The summed E-state index contributed by atoms with van der Waals surface area (Å²) in [6.07, 6.45) is 0.397. The number of thiocarbonyl (C=S) groups is 1. The second-order valence-corrected chi connectivity index (χ2v) is 5.77. The van der Waals surface area contributed by atoms with Gasteiger partial charge in [-0.1, -0.05) is 47.2 Å². The van der Waals surface area contributed by atoms with Crippen molar-refractivity contribution in [2.75, 3.05) is 13.6 Å². The van der Waals surface area contributed by atoms with Gasteiger partial charge < -0.3 is 10.6 Å². The summed E-state index contributed by atoms with van der Waals surface area (Å²) in [5, 5.41) is 0. The lowest BCUT2D eigenvalue weighted by Gasteiger charge is -2.21. The molecule has 98 valence electrons. The molecule has 0 aromatic heterocycles. The molecule has 0 heterocycles. The smallest absolute Gasteiger partial charge is 0.226 e. The molecule has 1 amide bonds. The first-order valence-electron chi connectivity index (χ1n) is 5.68. The van der Waals surface area contributed by atoms with Gasteiger partial charge in [0.15, 0.2) is 0 Å². The van der Waals surface area contributed by atoms with Crippen molar-refractivity contribution >= 4 is 39.0 Å². The Morgan fingerprint density at radius 3 is 2.50 bits per heavy atom. The minimum Gasteiger partial charge on any atom is -0.393 e. The van der Waals surface area contributed by atoms with E-state index >= 15 is 0 Å². The molecule has 1 unspecified atom stereocenters. The van der Waals surface area contributed by atoms with E-state index in [-0.39, 0.29) is 11.8 Å². The molecule has 0 aliphatic heterocycles. The van der Waals surface area contributed by atoms with Gasteiger partial charge in [-0.25, -0.2) is 0 Å². The van der Waals surface area contributed by atoms with Gasteiger partial charge in [0.1, 0.15) is 0 Å². The Morgan fingerprint density at radius 1 is 1.44 bits per heavy atom. The maximum Gasteiger partial charge on any atom is 0.226 e. The molecular formula is C13H17BrN2OS. The Kier molecular flexibility index (Phi) is 5.75. The summed E-state index contributed by atoms with van der Waals surface area (Å²) in [7, 11) is 1.77. The summed E-state index contributed by atoms with van der Waals surface area (Å²) in [5.74, 6) is 0.110. The molecule has 1 aromatic carbocycles. The first-order valence-corrected chi connectivity index (χ1v) is 6.88. The third-order valence-electron chi connectivity index (χ3n) is 2.73. The van der Waals surface area contributed by atoms with Crippen LogP contribution >= 0.6 is 28.1 Å². The molecule has 0 saturated carbocycles. The number of carbonyl (C=O) groups is 1. The van der Waals surface area contributed by atoms with E-state index in [1.165, 1.54) is 0 Å². The standard InChI is InChI=1S/C13H17BrN2OS/c1-9(13(15)18)8-16(2)12(17)7-10-3-5-11(14)6-4-10/h3-6,9H,7-8H2,1-2H3,(H2,15,18). The molecule has 0 aliphatic carbocycles. The SMILES string of the molecule is CC(CN(C)C(=O)Cc1ccc(Br)cc1)C(N)=S. The number of nitrogens with zero attached hydrogens (tertiary/aromatic N) is 1. The van der Waals surface area contributed by atoms with E-state index in [4.69, 9.17) is 18.0 Å². The fraction of sp³-hybridized carbons (Fsp3) is 0.385. The molecule has 0 radical (unpaired) electrons. The maximum absolute atomic E-state index is 12.0. The predicted octanol–water partition coefficient (Wildman–Crippen LogP) is 2.37. The van der Waals surface area contributed by atoms with Crippen LogP contribution in [0.15, 0.2) is 28.7 Å². The van der Waals surface area contributed by atoms with Crippen LogP contribution in [0.3, 0.4) is 0 Å². The van der Waals surface area contributed by atoms with E-state index in [0.29, 0.717) is 18.0 Å². The van der Waals surface area contributed by atoms with Gasteiger partial charge in [0, 0.05) is 24.0 Å². The second kappa shape index (κ2) is 6.85. The quantitative estimate of drug-likeness (QED) is 0.844. The first kappa shape index (κ1) is 15.1. The average Bonchev–Trinajstić information content (AvgIpc) is 2.31. The van der Waals surface area contributed by atoms with Crippen LogP contribution < -0.4 is 5.73 Å². The van der Waals surface area contributed by atoms with E-state index in [9.17, 15) is 4.79 Å². The Labute approximate surface area is 121 Å². The molecule has 0 aliphatic rings. The Bertz CT molecular complexity index is 433.